The first kappa shape index (κ1) is 19.7. The largest absolute Gasteiger partial charge is 0.497 e. The van der Waals surface area contributed by atoms with E-state index < -0.39 is 0 Å². The van der Waals surface area contributed by atoms with Crippen molar-refractivity contribution in [1.29, 1.82) is 0 Å². The van der Waals surface area contributed by atoms with E-state index in [1.54, 1.807) is 7.11 Å². The van der Waals surface area contributed by atoms with Gasteiger partial charge in [0.05, 0.1) is 24.2 Å². The summed E-state index contributed by atoms with van der Waals surface area (Å²) < 4.78 is 5.19. The molecule has 7 nitrogen and oxygen atoms in total. The van der Waals surface area contributed by atoms with Crippen molar-refractivity contribution in [2.24, 2.45) is 5.10 Å². The van der Waals surface area contributed by atoms with E-state index >= 15 is 0 Å². The Bertz CT molecular complexity index is 1150. The number of hydrogen-bond acceptors (Lipinski definition) is 7. The Kier molecular flexibility index (Phi) is 5.24. The van der Waals surface area contributed by atoms with Gasteiger partial charge in [-0.15, -0.1) is 11.3 Å². The number of thiazole rings is 1. The molecule has 1 saturated heterocycles. The first-order valence-electron chi connectivity index (χ1n) is 9.27. The van der Waals surface area contributed by atoms with E-state index in [1.165, 1.54) is 16.3 Å². The number of benzene rings is 2. The van der Waals surface area contributed by atoms with Crippen molar-refractivity contribution in [2.75, 3.05) is 17.5 Å². The van der Waals surface area contributed by atoms with Crippen molar-refractivity contribution >= 4 is 33.8 Å². The topological polar surface area (TPSA) is 78.8 Å². The average Bonchev–Trinajstić information content (AvgIpc) is 3.34. The molecule has 1 aromatic heterocycles. The van der Waals surface area contributed by atoms with Gasteiger partial charge in [-0.1, -0.05) is 18.7 Å². The number of ether oxygens (including phenoxy) is 1. The predicted octanol–water partition coefficient (Wildman–Crippen LogP) is 4.27. The number of methoxy groups -OCH3 is 1. The minimum Gasteiger partial charge on any atom is -0.497 e. The lowest BCUT2D eigenvalue weighted by atomic mass is 10.1. The Hall–Kier alpha value is -3.65. The first-order chi connectivity index (χ1) is 14.5. The van der Waals surface area contributed by atoms with Gasteiger partial charge in [0.1, 0.15) is 5.75 Å². The van der Waals surface area contributed by atoms with Gasteiger partial charge in [0.2, 0.25) is 5.13 Å². The highest BCUT2D eigenvalue weighted by atomic mass is 32.1. The van der Waals surface area contributed by atoms with Crippen molar-refractivity contribution in [3.8, 4) is 17.0 Å². The molecule has 0 aliphatic carbocycles. The van der Waals surface area contributed by atoms with Gasteiger partial charge in [0.25, 0.3) is 0 Å². The molecular formula is C22H21N5O2S. The lowest BCUT2D eigenvalue weighted by Crippen LogP contribution is -2.34. The minimum atomic E-state index is -0.312. The van der Waals surface area contributed by atoms with E-state index in [-0.39, 0.29) is 11.6 Å². The number of hydrazine groups is 1. The van der Waals surface area contributed by atoms with Crippen LogP contribution in [0.25, 0.3) is 11.3 Å². The summed E-state index contributed by atoms with van der Waals surface area (Å²) >= 11 is 1.36. The van der Waals surface area contributed by atoms with E-state index in [0.717, 1.165) is 33.8 Å². The van der Waals surface area contributed by atoms with Crippen LogP contribution >= 0.6 is 11.3 Å². The Morgan fingerprint density at radius 2 is 1.97 bits per heavy atom. The van der Waals surface area contributed by atoms with Crippen molar-refractivity contribution in [1.82, 2.24) is 10.4 Å². The summed E-state index contributed by atoms with van der Waals surface area (Å²) in [5.74, 6) is 0.465. The van der Waals surface area contributed by atoms with E-state index in [9.17, 15) is 4.79 Å². The molecule has 152 valence electrons. The molecule has 0 unspecified atom stereocenters. The molecule has 0 radical (unpaired) electrons. The highest BCUT2D eigenvalue weighted by molar-refractivity contribution is 7.14. The Labute approximate surface area is 178 Å². The smallest absolute Gasteiger partial charge is 0.301 e. The van der Waals surface area contributed by atoms with Crippen LogP contribution < -0.4 is 20.6 Å². The molecule has 8 heteroatoms. The number of nitrogens with zero attached hydrogens (tertiary/aromatic N) is 3. The van der Waals surface area contributed by atoms with Gasteiger partial charge < -0.3 is 4.74 Å². The summed E-state index contributed by atoms with van der Waals surface area (Å²) in [6.45, 7) is 7.90. The highest BCUT2D eigenvalue weighted by Gasteiger charge is 2.34. The second-order valence-corrected chi connectivity index (χ2v) is 7.70. The molecule has 0 saturated carbocycles. The molecule has 2 aromatic carbocycles. The van der Waals surface area contributed by atoms with Crippen LogP contribution in [0.5, 0.6) is 5.75 Å². The van der Waals surface area contributed by atoms with E-state index in [2.05, 4.69) is 27.5 Å². The second kappa shape index (κ2) is 8.00. The Balaban J connectivity index is 1.54. The molecule has 4 rings (SSSR count). The normalized spacial score (nSPS) is 14.9. The van der Waals surface area contributed by atoms with Crippen LogP contribution in [0.3, 0.4) is 0 Å². The maximum atomic E-state index is 12.9. The van der Waals surface area contributed by atoms with Crippen molar-refractivity contribution in [3.63, 3.8) is 0 Å². The molecule has 0 spiro atoms. The monoisotopic (exact) mass is 419 g/mol. The third-order valence-electron chi connectivity index (χ3n) is 4.69. The van der Waals surface area contributed by atoms with E-state index in [4.69, 9.17) is 4.74 Å². The average molecular weight is 420 g/mol. The molecule has 2 heterocycles. The fraction of sp³-hybridized carbons (Fsp3) is 0.136. The van der Waals surface area contributed by atoms with Gasteiger partial charge in [0, 0.05) is 10.9 Å². The van der Waals surface area contributed by atoms with Gasteiger partial charge >= 0.3 is 5.91 Å². The van der Waals surface area contributed by atoms with Gasteiger partial charge in [-0.25, -0.2) is 4.98 Å². The second-order valence-electron chi connectivity index (χ2n) is 6.87. The summed E-state index contributed by atoms with van der Waals surface area (Å²) in [5.41, 5.74) is 11.3. The molecule has 0 bridgehead atoms. The van der Waals surface area contributed by atoms with Gasteiger partial charge in [-0.3, -0.25) is 15.6 Å². The number of hydrazone groups is 1. The summed E-state index contributed by atoms with van der Waals surface area (Å²) in [6, 6.07) is 13.6. The van der Waals surface area contributed by atoms with Crippen LogP contribution in [0.1, 0.15) is 11.1 Å². The number of carbonyl (C=O) groups excluding carboxylic acids is 1. The van der Waals surface area contributed by atoms with E-state index in [1.807, 2.05) is 61.7 Å². The van der Waals surface area contributed by atoms with Crippen molar-refractivity contribution in [2.45, 2.75) is 13.8 Å². The van der Waals surface area contributed by atoms with Gasteiger partial charge in [-0.2, -0.15) is 10.1 Å². The number of anilines is 2. The first-order valence-corrected chi connectivity index (χ1v) is 10.2. The van der Waals surface area contributed by atoms with Crippen LogP contribution in [-0.2, 0) is 4.79 Å². The summed E-state index contributed by atoms with van der Waals surface area (Å²) in [7, 11) is 1.63. The molecule has 0 atom stereocenters. The molecule has 1 fully saturated rings. The van der Waals surface area contributed by atoms with Crippen LogP contribution in [0, 0.1) is 13.8 Å². The lowest BCUT2D eigenvalue weighted by Gasteiger charge is -2.10. The lowest BCUT2D eigenvalue weighted by molar-refractivity contribution is -0.112. The van der Waals surface area contributed by atoms with Crippen molar-refractivity contribution < 1.29 is 9.53 Å². The van der Waals surface area contributed by atoms with Crippen LogP contribution in [0.4, 0.5) is 10.8 Å². The van der Waals surface area contributed by atoms with Crippen LogP contribution in [0.15, 0.2) is 65.2 Å². The minimum absolute atomic E-state index is 0.220. The SMILES string of the molecule is C=C1NN(c2nc(-c3ccc(OC)cc3)cs2)C(=O)/C1=N\Nc1cc(C)ccc1C. The zero-order valence-corrected chi connectivity index (χ0v) is 17.7. The molecular weight excluding hydrogens is 398 g/mol. The van der Waals surface area contributed by atoms with Crippen molar-refractivity contribution in [3.05, 3.63) is 71.2 Å². The summed E-state index contributed by atoms with van der Waals surface area (Å²) in [6.07, 6.45) is 0. The molecule has 2 N–H and O–H groups in total. The fourth-order valence-electron chi connectivity index (χ4n) is 2.96. The quantitative estimate of drug-likeness (QED) is 0.604. The standard InChI is InChI=1S/C22H21N5O2S/c1-13-5-6-14(2)18(11-13)24-25-20-15(3)26-27(21(20)28)22-23-19(12-30-22)16-7-9-17(29-4)10-8-16/h5-12,24,26H,3H2,1-2,4H3/b25-20-. The van der Waals surface area contributed by atoms with Crippen LogP contribution in [-0.4, -0.2) is 23.7 Å². The number of aromatic nitrogens is 1. The molecule has 1 aliphatic heterocycles. The number of hydrogen-bond donors (Lipinski definition) is 2. The number of amides is 1. The Morgan fingerprint density at radius 3 is 2.70 bits per heavy atom. The van der Waals surface area contributed by atoms with Gasteiger partial charge in [-0.05, 0) is 55.3 Å². The third kappa shape index (κ3) is 3.77. The zero-order chi connectivity index (χ0) is 21.3. The Morgan fingerprint density at radius 1 is 1.20 bits per heavy atom. The highest BCUT2D eigenvalue weighted by Crippen LogP contribution is 2.30. The summed E-state index contributed by atoms with van der Waals surface area (Å²) in [5, 5.41) is 8.08. The van der Waals surface area contributed by atoms with Crippen LogP contribution in [0.2, 0.25) is 0 Å². The number of nitrogens with one attached hydrogen (secondary N) is 2. The number of carbonyl (C=O) groups is 1. The number of aryl methyl sites for hydroxylation is 2. The molecule has 3 aromatic rings. The molecule has 30 heavy (non-hydrogen) atoms. The maximum Gasteiger partial charge on any atom is 0.301 e. The predicted molar refractivity (Wildman–Crippen MR) is 121 cm³/mol. The summed E-state index contributed by atoms with van der Waals surface area (Å²) in [4.78, 5) is 17.5. The fourth-order valence-corrected chi connectivity index (χ4v) is 3.75. The maximum absolute atomic E-state index is 12.9. The van der Waals surface area contributed by atoms with E-state index in [0.29, 0.717) is 10.8 Å². The zero-order valence-electron chi connectivity index (χ0n) is 16.9. The molecule has 1 amide bonds. The number of rotatable bonds is 5. The molecule has 1 aliphatic rings. The van der Waals surface area contributed by atoms with Gasteiger partial charge in [0.15, 0.2) is 5.71 Å². The third-order valence-corrected chi connectivity index (χ3v) is 5.51.